The van der Waals surface area contributed by atoms with Crippen molar-refractivity contribution in [2.45, 2.75) is 26.5 Å². The highest BCUT2D eigenvalue weighted by molar-refractivity contribution is 5.80. The molecule has 122 valence electrons. The molecule has 0 unspecified atom stereocenters. The highest BCUT2D eigenvalue weighted by Gasteiger charge is 2.14. The Morgan fingerprint density at radius 1 is 1.12 bits per heavy atom. The van der Waals surface area contributed by atoms with Gasteiger partial charge in [-0.15, -0.1) is 0 Å². The SMILES string of the molecule is CC(C)n1nccc1-c1cc(C=O)ccc1OCc1ccccc1. The Morgan fingerprint density at radius 3 is 2.62 bits per heavy atom. The van der Waals surface area contributed by atoms with E-state index in [-0.39, 0.29) is 6.04 Å². The summed E-state index contributed by atoms with van der Waals surface area (Å²) in [5, 5.41) is 4.38. The molecule has 0 fully saturated rings. The quantitative estimate of drug-likeness (QED) is 0.627. The molecule has 1 aromatic heterocycles. The summed E-state index contributed by atoms with van der Waals surface area (Å²) >= 11 is 0. The lowest BCUT2D eigenvalue weighted by Crippen LogP contribution is -2.06. The molecule has 0 amide bonds. The zero-order valence-electron chi connectivity index (χ0n) is 13.8. The number of benzene rings is 2. The van der Waals surface area contributed by atoms with Crippen LogP contribution < -0.4 is 4.74 Å². The zero-order valence-corrected chi connectivity index (χ0v) is 13.8. The van der Waals surface area contributed by atoms with Crippen molar-refractivity contribution in [3.05, 3.63) is 71.9 Å². The highest BCUT2D eigenvalue weighted by Crippen LogP contribution is 2.32. The lowest BCUT2D eigenvalue weighted by atomic mass is 10.1. The molecule has 0 spiro atoms. The molecule has 0 atom stereocenters. The predicted octanol–water partition coefficient (Wildman–Crippen LogP) is 4.52. The Kier molecular flexibility index (Phi) is 4.75. The van der Waals surface area contributed by atoms with Crippen LogP contribution in [0.1, 0.15) is 35.8 Å². The normalized spacial score (nSPS) is 10.8. The van der Waals surface area contributed by atoms with E-state index in [0.717, 1.165) is 28.9 Å². The van der Waals surface area contributed by atoms with Crippen LogP contribution in [0.4, 0.5) is 0 Å². The Balaban J connectivity index is 1.97. The van der Waals surface area contributed by atoms with Gasteiger partial charge >= 0.3 is 0 Å². The summed E-state index contributed by atoms with van der Waals surface area (Å²) in [4.78, 5) is 11.2. The Morgan fingerprint density at radius 2 is 1.92 bits per heavy atom. The molecular weight excluding hydrogens is 300 g/mol. The fourth-order valence-corrected chi connectivity index (χ4v) is 2.62. The van der Waals surface area contributed by atoms with Gasteiger partial charge in [0, 0.05) is 23.4 Å². The van der Waals surface area contributed by atoms with Crippen LogP contribution in [0.3, 0.4) is 0 Å². The minimum Gasteiger partial charge on any atom is -0.488 e. The fraction of sp³-hybridized carbons (Fsp3) is 0.200. The minimum absolute atomic E-state index is 0.219. The highest BCUT2D eigenvalue weighted by atomic mass is 16.5. The number of hydrogen-bond acceptors (Lipinski definition) is 3. The second-order valence-electron chi connectivity index (χ2n) is 5.90. The second kappa shape index (κ2) is 7.13. The number of carbonyl (C=O) groups is 1. The summed E-state index contributed by atoms with van der Waals surface area (Å²) in [5.74, 6) is 0.742. The zero-order chi connectivity index (χ0) is 16.9. The molecule has 1 heterocycles. The Bertz CT molecular complexity index is 823. The van der Waals surface area contributed by atoms with Gasteiger partial charge in [0.2, 0.25) is 0 Å². The standard InChI is InChI=1S/C20H20N2O2/c1-15(2)22-19(10-11-21-22)18-12-17(13-23)8-9-20(18)24-14-16-6-4-3-5-7-16/h3-13,15H,14H2,1-2H3. The van der Waals surface area contributed by atoms with Crippen LogP contribution in [0.25, 0.3) is 11.3 Å². The van der Waals surface area contributed by atoms with Crippen molar-refractivity contribution in [2.24, 2.45) is 0 Å². The van der Waals surface area contributed by atoms with Crippen LogP contribution in [-0.2, 0) is 6.61 Å². The third kappa shape index (κ3) is 3.38. The van der Waals surface area contributed by atoms with Gasteiger partial charge in [-0.1, -0.05) is 30.3 Å². The molecule has 0 radical (unpaired) electrons. The molecular formula is C20H20N2O2. The number of nitrogens with zero attached hydrogens (tertiary/aromatic N) is 2. The van der Waals surface area contributed by atoms with Crippen molar-refractivity contribution in [3.8, 4) is 17.0 Å². The van der Waals surface area contributed by atoms with Crippen LogP contribution in [0.15, 0.2) is 60.8 Å². The second-order valence-corrected chi connectivity index (χ2v) is 5.90. The number of hydrogen-bond donors (Lipinski definition) is 0. The van der Waals surface area contributed by atoms with Gasteiger partial charge in [0.15, 0.2) is 0 Å². The van der Waals surface area contributed by atoms with E-state index in [2.05, 4.69) is 18.9 Å². The summed E-state index contributed by atoms with van der Waals surface area (Å²) in [6.45, 7) is 4.62. The summed E-state index contributed by atoms with van der Waals surface area (Å²) < 4.78 is 7.95. The van der Waals surface area contributed by atoms with Gasteiger partial charge in [-0.3, -0.25) is 9.48 Å². The maximum atomic E-state index is 11.2. The molecule has 0 aliphatic heterocycles. The lowest BCUT2D eigenvalue weighted by molar-refractivity contribution is 0.112. The number of aromatic nitrogens is 2. The first-order valence-electron chi connectivity index (χ1n) is 7.99. The summed E-state index contributed by atoms with van der Waals surface area (Å²) in [6, 6.07) is 17.6. The van der Waals surface area contributed by atoms with Gasteiger partial charge in [-0.25, -0.2) is 0 Å². The van der Waals surface area contributed by atoms with E-state index >= 15 is 0 Å². The third-order valence-electron chi connectivity index (χ3n) is 3.81. The molecule has 0 N–H and O–H groups in total. The van der Waals surface area contributed by atoms with E-state index in [1.165, 1.54) is 0 Å². The van der Waals surface area contributed by atoms with E-state index in [0.29, 0.717) is 12.2 Å². The Hall–Kier alpha value is -2.88. The predicted molar refractivity (Wildman–Crippen MR) is 94.2 cm³/mol. The van der Waals surface area contributed by atoms with Crippen LogP contribution in [0, 0.1) is 0 Å². The average Bonchev–Trinajstić information content (AvgIpc) is 3.10. The Labute approximate surface area is 141 Å². The number of ether oxygens (including phenoxy) is 1. The van der Waals surface area contributed by atoms with Gasteiger partial charge in [-0.2, -0.15) is 5.10 Å². The first kappa shape index (κ1) is 16.0. The summed E-state index contributed by atoms with van der Waals surface area (Å²) in [5.41, 5.74) is 3.53. The van der Waals surface area contributed by atoms with Crippen molar-refractivity contribution in [3.63, 3.8) is 0 Å². The summed E-state index contributed by atoms with van der Waals surface area (Å²) in [6.07, 6.45) is 2.62. The molecule has 0 saturated heterocycles. The first-order valence-corrected chi connectivity index (χ1v) is 7.99. The topological polar surface area (TPSA) is 44.1 Å². The largest absolute Gasteiger partial charge is 0.488 e. The van der Waals surface area contributed by atoms with Gasteiger partial charge in [0.25, 0.3) is 0 Å². The molecule has 4 nitrogen and oxygen atoms in total. The van der Waals surface area contributed by atoms with Crippen LogP contribution in [0.2, 0.25) is 0 Å². The third-order valence-corrected chi connectivity index (χ3v) is 3.81. The molecule has 0 bridgehead atoms. The molecule has 2 aromatic carbocycles. The van der Waals surface area contributed by atoms with Gasteiger partial charge in [0.05, 0.1) is 5.69 Å². The van der Waals surface area contributed by atoms with Crippen molar-refractivity contribution in [1.82, 2.24) is 9.78 Å². The van der Waals surface area contributed by atoms with Crippen LogP contribution in [-0.4, -0.2) is 16.1 Å². The first-order chi connectivity index (χ1) is 11.7. The molecule has 24 heavy (non-hydrogen) atoms. The number of carbonyl (C=O) groups excluding carboxylic acids is 1. The van der Waals surface area contributed by atoms with Crippen molar-refractivity contribution in [1.29, 1.82) is 0 Å². The smallest absolute Gasteiger partial charge is 0.150 e. The van der Waals surface area contributed by atoms with E-state index in [1.54, 1.807) is 12.3 Å². The molecule has 0 saturated carbocycles. The van der Waals surface area contributed by atoms with E-state index in [9.17, 15) is 4.79 Å². The van der Waals surface area contributed by atoms with Gasteiger partial charge < -0.3 is 4.74 Å². The number of aldehydes is 1. The maximum Gasteiger partial charge on any atom is 0.150 e. The monoisotopic (exact) mass is 320 g/mol. The van der Waals surface area contributed by atoms with E-state index in [1.807, 2.05) is 53.2 Å². The molecule has 0 aliphatic carbocycles. The molecule has 0 aliphatic rings. The average molecular weight is 320 g/mol. The van der Waals surface area contributed by atoms with Crippen molar-refractivity contribution < 1.29 is 9.53 Å². The minimum atomic E-state index is 0.219. The number of rotatable bonds is 6. The van der Waals surface area contributed by atoms with Crippen molar-refractivity contribution >= 4 is 6.29 Å². The van der Waals surface area contributed by atoms with Crippen LogP contribution >= 0.6 is 0 Å². The fourth-order valence-electron chi connectivity index (χ4n) is 2.62. The molecule has 3 aromatic rings. The van der Waals surface area contributed by atoms with Crippen molar-refractivity contribution in [2.75, 3.05) is 0 Å². The van der Waals surface area contributed by atoms with E-state index in [4.69, 9.17) is 4.74 Å². The lowest BCUT2D eigenvalue weighted by Gasteiger charge is -2.15. The van der Waals surface area contributed by atoms with Gasteiger partial charge in [0.1, 0.15) is 18.6 Å². The maximum absolute atomic E-state index is 11.2. The molecule has 4 heteroatoms. The van der Waals surface area contributed by atoms with Gasteiger partial charge in [-0.05, 0) is 43.7 Å². The van der Waals surface area contributed by atoms with E-state index < -0.39 is 0 Å². The summed E-state index contributed by atoms with van der Waals surface area (Å²) in [7, 11) is 0. The molecule has 3 rings (SSSR count). The van der Waals surface area contributed by atoms with Crippen LogP contribution in [0.5, 0.6) is 5.75 Å².